The molecule has 12 unspecified atom stereocenters. The highest BCUT2D eigenvalue weighted by Gasteiger charge is 2.51. The van der Waals surface area contributed by atoms with Gasteiger partial charge in [0, 0.05) is 6.42 Å². The minimum Gasteiger partial charge on any atom is -0.394 e. The van der Waals surface area contributed by atoms with E-state index in [1.54, 1.807) is 6.08 Å². The molecular weight excluding hydrogens is 1210 g/mol. The van der Waals surface area contributed by atoms with E-state index in [0.717, 1.165) is 83.5 Å². The molecule has 2 fully saturated rings. The van der Waals surface area contributed by atoms with Crippen LogP contribution in [0.2, 0.25) is 0 Å². The van der Waals surface area contributed by atoms with Crippen LogP contribution in [0.25, 0.3) is 0 Å². The summed E-state index contributed by atoms with van der Waals surface area (Å²) >= 11 is 0. The lowest BCUT2D eigenvalue weighted by Crippen LogP contribution is -2.65. The highest BCUT2D eigenvalue weighted by Crippen LogP contribution is 2.30. The van der Waals surface area contributed by atoms with Crippen LogP contribution in [0.15, 0.2) is 122 Å². The second-order valence-electron chi connectivity index (χ2n) is 26.8. The molecule has 0 aromatic heterocycles. The van der Waals surface area contributed by atoms with E-state index in [9.17, 15) is 45.6 Å². The molecule has 0 aromatic carbocycles. The molecule has 2 aliphatic rings. The Morgan fingerprint density at radius 1 is 0.385 bits per heavy atom. The molecule has 96 heavy (non-hydrogen) atoms. The first-order valence-electron chi connectivity index (χ1n) is 38.8. The summed E-state index contributed by atoms with van der Waals surface area (Å²) in [5.41, 5.74) is 0. The zero-order chi connectivity index (χ0) is 69.4. The molecule has 0 radical (unpaired) electrons. The molecule has 0 aliphatic carbocycles. The average Bonchev–Trinajstić information content (AvgIpc) is 0.854. The maximum absolute atomic E-state index is 13.3. The predicted octanol–water partition coefficient (Wildman–Crippen LogP) is 17.2. The molecule has 0 saturated carbocycles. The summed E-state index contributed by atoms with van der Waals surface area (Å²) in [4.78, 5) is 13.3. The van der Waals surface area contributed by atoms with Crippen LogP contribution in [0.4, 0.5) is 0 Å². The zero-order valence-electron chi connectivity index (χ0n) is 60.3. The van der Waals surface area contributed by atoms with Crippen LogP contribution >= 0.6 is 0 Å². The van der Waals surface area contributed by atoms with E-state index in [4.69, 9.17) is 18.9 Å². The number of hydrogen-bond acceptors (Lipinski definition) is 13. The maximum Gasteiger partial charge on any atom is 0.220 e. The molecule has 2 rings (SSSR count). The number of ether oxygens (including phenoxy) is 4. The Bertz CT molecular complexity index is 2080. The summed E-state index contributed by atoms with van der Waals surface area (Å²) in [6.45, 7) is 2.67. The standard InChI is InChI=1S/C82H141NO13/c1-3-5-7-9-11-13-15-17-19-21-23-25-27-29-31-33-34-35-36-38-39-41-43-45-47-49-51-53-55-57-59-61-63-65-71(86)70(69-93-81-79(92)77(90)80(73(68-85)95-81)96-82-78(91)76(89)75(88)72(67-84)94-82)83-74(87)66-64-62-60-58-56-54-52-50-48-46-44-42-40-37-32-30-28-26-24-22-20-18-16-14-12-10-8-6-4-2/h6,8,12,14,18,20,24,26,30,32,40,42,46,48,52,54,58,60,63,65,70-73,75-82,84-86,88-92H,3-5,7,9-11,13,15-17,19,21-23,25,27-29,31,33-39,41,43-45,47,49-51,53,55-57,59,61-62,64,66-69H2,1-2H3,(H,83,87)/b8-6-,14-12-,20-18-,26-24-,32-30-,42-40-,48-46-,54-52-,60-58-,65-63+. The first-order valence-corrected chi connectivity index (χ1v) is 38.8. The Hall–Kier alpha value is -3.61. The van der Waals surface area contributed by atoms with Gasteiger partial charge < -0.3 is 65.1 Å². The van der Waals surface area contributed by atoms with Crippen molar-refractivity contribution in [2.45, 2.75) is 370 Å². The summed E-state index contributed by atoms with van der Waals surface area (Å²) in [5.74, 6) is -0.298. The number of aliphatic hydroxyl groups excluding tert-OH is 8. The van der Waals surface area contributed by atoms with Gasteiger partial charge in [0.1, 0.15) is 48.8 Å². The summed E-state index contributed by atoms with van der Waals surface area (Å²) in [6, 6.07) is -0.957. The van der Waals surface area contributed by atoms with E-state index < -0.39 is 86.8 Å². The number of carbonyl (C=O) groups is 1. The smallest absolute Gasteiger partial charge is 0.220 e. The lowest BCUT2D eigenvalue weighted by atomic mass is 9.97. The quantitative estimate of drug-likeness (QED) is 0.0204. The van der Waals surface area contributed by atoms with Gasteiger partial charge in [-0.15, -0.1) is 0 Å². The van der Waals surface area contributed by atoms with Gasteiger partial charge in [0.25, 0.3) is 0 Å². The van der Waals surface area contributed by atoms with Crippen LogP contribution in [0.3, 0.4) is 0 Å². The fourth-order valence-electron chi connectivity index (χ4n) is 12.1. The molecule has 0 bridgehead atoms. The van der Waals surface area contributed by atoms with Gasteiger partial charge in [-0.2, -0.15) is 0 Å². The normalized spacial score (nSPS) is 22.9. The molecule has 2 aliphatic heterocycles. The largest absolute Gasteiger partial charge is 0.394 e. The van der Waals surface area contributed by atoms with E-state index in [1.165, 1.54) is 180 Å². The van der Waals surface area contributed by atoms with Gasteiger partial charge in [0.2, 0.25) is 5.91 Å². The van der Waals surface area contributed by atoms with Gasteiger partial charge in [-0.3, -0.25) is 4.79 Å². The zero-order valence-corrected chi connectivity index (χ0v) is 60.3. The number of unbranched alkanes of at least 4 members (excludes halogenated alkanes) is 32. The number of carbonyl (C=O) groups excluding carboxylic acids is 1. The van der Waals surface area contributed by atoms with Crippen molar-refractivity contribution in [3.63, 3.8) is 0 Å². The topological polar surface area (TPSA) is 228 Å². The van der Waals surface area contributed by atoms with Gasteiger partial charge in [-0.25, -0.2) is 0 Å². The van der Waals surface area contributed by atoms with Crippen molar-refractivity contribution in [2.24, 2.45) is 0 Å². The monoisotopic (exact) mass is 1350 g/mol. The van der Waals surface area contributed by atoms with Crippen molar-refractivity contribution in [1.82, 2.24) is 5.32 Å². The van der Waals surface area contributed by atoms with Crippen LogP contribution in [0.1, 0.15) is 296 Å². The van der Waals surface area contributed by atoms with E-state index in [0.29, 0.717) is 12.8 Å². The van der Waals surface area contributed by atoms with E-state index >= 15 is 0 Å². The minimum absolute atomic E-state index is 0.194. The molecule has 1 amide bonds. The number of nitrogens with one attached hydrogen (secondary N) is 1. The molecular formula is C82H141NO13. The van der Waals surface area contributed by atoms with Gasteiger partial charge >= 0.3 is 0 Å². The van der Waals surface area contributed by atoms with E-state index in [2.05, 4.69) is 129 Å². The summed E-state index contributed by atoms with van der Waals surface area (Å²) in [6.07, 6.45) is 78.5. The summed E-state index contributed by atoms with van der Waals surface area (Å²) < 4.78 is 22.9. The second kappa shape index (κ2) is 64.7. The summed E-state index contributed by atoms with van der Waals surface area (Å²) in [5, 5.41) is 87.6. The SMILES string of the molecule is CC/C=C\C/C=C\C/C=C\C/C=C\C/C=C\C/C=C\C/C=C\C/C=C\C/C=C\CCCC(=O)NC(COC1OC(CO)C(OC2OC(CO)C(O)C(O)C2O)C(O)C1O)C(O)/C=C/CCCCCCCCCCCCCCCCCCCCCCCCCCCCCCCCC. The molecule has 552 valence electrons. The second-order valence-corrected chi connectivity index (χ2v) is 26.8. The Kier molecular flexibility index (Phi) is 59.7. The van der Waals surface area contributed by atoms with Gasteiger partial charge in [0.15, 0.2) is 12.6 Å². The van der Waals surface area contributed by atoms with Crippen molar-refractivity contribution in [2.75, 3.05) is 19.8 Å². The Morgan fingerprint density at radius 3 is 1.09 bits per heavy atom. The number of allylic oxidation sites excluding steroid dienone is 19. The van der Waals surface area contributed by atoms with Crippen LogP contribution in [-0.2, 0) is 23.7 Å². The van der Waals surface area contributed by atoms with E-state index in [-0.39, 0.29) is 18.9 Å². The van der Waals surface area contributed by atoms with Crippen LogP contribution in [-0.4, -0.2) is 140 Å². The van der Waals surface area contributed by atoms with Gasteiger partial charge in [-0.1, -0.05) is 328 Å². The van der Waals surface area contributed by atoms with Crippen LogP contribution < -0.4 is 5.32 Å². The third-order valence-corrected chi connectivity index (χ3v) is 18.2. The Morgan fingerprint density at radius 2 is 0.719 bits per heavy atom. The van der Waals surface area contributed by atoms with Gasteiger partial charge in [-0.05, 0) is 83.5 Å². The Labute approximate surface area is 584 Å². The highest BCUT2D eigenvalue weighted by molar-refractivity contribution is 5.76. The third kappa shape index (κ3) is 47.4. The molecule has 2 saturated heterocycles. The highest BCUT2D eigenvalue weighted by atomic mass is 16.7. The Balaban J connectivity index is 1.68. The van der Waals surface area contributed by atoms with Crippen LogP contribution in [0.5, 0.6) is 0 Å². The third-order valence-electron chi connectivity index (χ3n) is 18.2. The van der Waals surface area contributed by atoms with Gasteiger partial charge in [0.05, 0.1) is 32.0 Å². The van der Waals surface area contributed by atoms with Crippen LogP contribution in [0, 0.1) is 0 Å². The number of hydrogen-bond donors (Lipinski definition) is 9. The first-order chi connectivity index (χ1) is 47.1. The number of rotatable bonds is 63. The fraction of sp³-hybridized carbons (Fsp3) is 0.744. The van der Waals surface area contributed by atoms with Crippen molar-refractivity contribution in [3.8, 4) is 0 Å². The molecule has 0 spiro atoms. The molecule has 14 heteroatoms. The number of aliphatic hydroxyl groups is 8. The first kappa shape index (κ1) is 88.5. The predicted molar refractivity (Wildman–Crippen MR) is 396 cm³/mol. The number of amides is 1. The average molecular weight is 1350 g/mol. The lowest BCUT2D eigenvalue weighted by molar-refractivity contribution is -0.359. The van der Waals surface area contributed by atoms with Crippen molar-refractivity contribution in [3.05, 3.63) is 122 Å². The van der Waals surface area contributed by atoms with Crippen molar-refractivity contribution < 1.29 is 64.6 Å². The molecule has 0 aromatic rings. The molecule has 2 heterocycles. The fourth-order valence-corrected chi connectivity index (χ4v) is 12.1. The van der Waals surface area contributed by atoms with Crippen molar-refractivity contribution in [1.29, 1.82) is 0 Å². The minimum atomic E-state index is -1.80. The van der Waals surface area contributed by atoms with Crippen molar-refractivity contribution >= 4 is 5.91 Å². The lowest BCUT2D eigenvalue weighted by Gasteiger charge is -2.46. The summed E-state index contributed by atoms with van der Waals surface area (Å²) in [7, 11) is 0. The maximum atomic E-state index is 13.3. The molecule has 9 N–H and O–H groups in total. The molecule has 12 atom stereocenters. The molecule has 14 nitrogen and oxygen atoms in total. The van der Waals surface area contributed by atoms with E-state index in [1.807, 2.05) is 6.08 Å².